The van der Waals surface area contributed by atoms with Crippen LogP contribution >= 0.6 is 10.7 Å². The fourth-order valence-electron chi connectivity index (χ4n) is 1.23. The van der Waals surface area contributed by atoms with Gasteiger partial charge in [-0.2, -0.15) is 0 Å². The van der Waals surface area contributed by atoms with Crippen LogP contribution in [0.5, 0.6) is 0 Å². The van der Waals surface area contributed by atoms with E-state index in [1.807, 2.05) is 0 Å². The monoisotopic (exact) mass is 247 g/mol. The summed E-state index contributed by atoms with van der Waals surface area (Å²) in [4.78, 5) is 3.72. The molecule has 15 heavy (non-hydrogen) atoms. The van der Waals surface area contributed by atoms with Crippen molar-refractivity contribution < 1.29 is 17.9 Å². The first-order chi connectivity index (χ1) is 7.02. The van der Waals surface area contributed by atoms with Crippen molar-refractivity contribution in [2.45, 2.75) is 11.5 Å². The van der Waals surface area contributed by atoms with Crippen molar-refractivity contribution in [1.82, 2.24) is 4.98 Å². The first-order valence-corrected chi connectivity index (χ1v) is 6.27. The number of oxazole rings is 1. The molecule has 2 aromatic rings. The lowest BCUT2D eigenvalue weighted by molar-refractivity contribution is 0.243. The van der Waals surface area contributed by atoms with Crippen LogP contribution in [0.4, 0.5) is 0 Å². The molecule has 80 valence electrons. The molecule has 0 unspecified atom stereocenters. The highest BCUT2D eigenvalue weighted by Crippen LogP contribution is 2.26. The van der Waals surface area contributed by atoms with E-state index in [4.69, 9.17) is 20.2 Å². The van der Waals surface area contributed by atoms with E-state index in [1.54, 1.807) is 6.07 Å². The topological polar surface area (TPSA) is 80.4 Å². The summed E-state index contributed by atoms with van der Waals surface area (Å²) in [6, 6.07) is 4.39. The summed E-state index contributed by atoms with van der Waals surface area (Å²) >= 11 is 0. The lowest BCUT2D eigenvalue weighted by atomic mass is 10.3. The summed E-state index contributed by atoms with van der Waals surface area (Å²) in [7, 11) is 1.34. The predicted octanol–water partition coefficient (Wildman–Crippen LogP) is 1.25. The number of fused-ring (bicyclic) bond motifs is 1. The summed E-state index contributed by atoms with van der Waals surface area (Å²) in [5.74, 6) is 0.0535. The smallest absolute Gasteiger partial charge is 0.265 e. The third-order valence-electron chi connectivity index (χ3n) is 1.82. The second-order valence-electron chi connectivity index (χ2n) is 2.81. The van der Waals surface area contributed by atoms with E-state index >= 15 is 0 Å². The molecule has 0 aliphatic rings. The molecule has 1 N–H and O–H groups in total. The van der Waals surface area contributed by atoms with Crippen LogP contribution < -0.4 is 0 Å². The molecule has 0 saturated carbocycles. The molecule has 0 aliphatic carbocycles. The van der Waals surface area contributed by atoms with Crippen LogP contribution in [0.1, 0.15) is 5.89 Å². The zero-order chi connectivity index (χ0) is 11.1. The van der Waals surface area contributed by atoms with E-state index in [9.17, 15) is 8.42 Å². The van der Waals surface area contributed by atoms with E-state index in [2.05, 4.69) is 4.98 Å². The number of benzene rings is 1. The molecule has 2 rings (SSSR count). The minimum absolute atomic E-state index is 0.0535. The maximum atomic E-state index is 11.2. The maximum Gasteiger partial charge on any atom is 0.265 e. The molecule has 5 nitrogen and oxygen atoms in total. The highest BCUT2D eigenvalue weighted by molar-refractivity contribution is 8.13. The molecule has 0 atom stereocenters. The summed E-state index contributed by atoms with van der Waals surface area (Å²) < 4.78 is 27.4. The third kappa shape index (κ3) is 1.83. The Morgan fingerprint density at radius 2 is 2.20 bits per heavy atom. The number of rotatable bonds is 2. The molecule has 1 heterocycles. The van der Waals surface area contributed by atoms with Crippen molar-refractivity contribution in [3.63, 3.8) is 0 Å². The SMILES string of the molecule is O=S(=O)(Cl)c1cccc2nc(CO)oc12. The molecule has 0 bridgehead atoms. The second-order valence-corrected chi connectivity index (χ2v) is 5.34. The van der Waals surface area contributed by atoms with Gasteiger partial charge in [0.2, 0.25) is 5.89 Å². The van der Waals surface area contributed by atoms with E-state index < -0.39 is 15.7 Å². The van der Waals surface area contributed by atoms with Crippen LogP contribution in [0.2, 0.25) is 0 Å². The predicted molar refractivity (Wildman–Crippen MR) is 53.0 cm³/mol. The van der Waals surface area contributed by atoms with Crippen molar-refractivity contribution in [3.8, 4) is 0 Å². The Balaban J connectivity index is 2.81. The highest BCUT2D eigenvalue weighted by Gasteiger charge is 2.18. The van der Waals surface area contributed by atoms with E-state index in [1.165, 1.54) is 12.1 Å². The normalized spacial score (nSPS) is 12.1. The van der Waals surface area contributed by atoms with Crippen LogP contribution in [0.25, 0.3) is 11.1 Å². The zero-order valence-electron chi connectivity index (χ0n) is 7.34. The van der Waals surface area contributed by atoms with Crippen LogP contribution in [0.3, 0.4) is 0 Å². The molecule has 0 spiro atoms. The number of aliphatic hydroxyl groups is 1. The van der Waals surface area contributed by atoms with Gasteiger partial charge in [-0.15, -0.1) is 0 Å². The number of para-hydroxylation sites is 1. The Morgan fingerprint density at radius 1 is 1.47 bits per heavy atom. The molecular formula is C8H6ClNO4S. The van der Waals surface area contributed by atoms with Gasteiger partial charge in [-0.25, -0.2) is 13.4 Å². The molecule has 0 amide bonds. The van der Waals surface area contributed by atoms with Crippen molar-refractivity contribution in [2.75, 3.05) is 0 Å². The summed E-state index contributed by atoms with van der Waals surface area (Å²) in [6.45, 7) is -0.392. The maximum absolute atomic E-state index is 11.2. The summed E-state index contributed by atoms with van der Waals surface area (Å²) in [5.41, 5.74) is 0.414. The Labute approximate surface area is 89.7 Å². The number of halogens is 1. The Bertz CT molecular complexity index is 604. The molecule has 1 aromatic heterocycles. The van der Waals surface area contributed by atoms with Gasteiger partial charge in [0.05, 0.1) is 0 Å². The van der Waals surface area contributed by atoms with Crippen molar-refractivity contribution >= 4 is 30.8 Å². The molecule has 0 fully saturated rings. The third-order valence-corrected chi connectivity index (χ3v) is 3.17. The van der Waals surface area contributed by atoms with Crippen molar-refractivity contribution in [3.05, 3.63) is 24.1 Å². The quantitative estimate of drug-likeness (QED) is 0.808. The Hall–Kier alpha value is -1.11. The fraction of sp³-hybridized carbons (Fsp3) is 0.125. The summed E-state index contributed by atoms with van der Waals surface area (Å²) in [6.07, 6.45) is 0. The van der Waals surface area contributed by atoms with Gasteiger partial charge in [-0.1, -0.05) is 6.07 Å². The minimum Gasteiger partial charge on any atom is -0.437 e. The number of hydrogen-bond acceptors (Lipinski definition) is 5. The van der Waals surface area contributed by atoms with Crippen molar-refractivity contribution in [2.24, 2.45) is 0 Å². The largest absolute Gasteiger partial charge is 0.437 e. The van der Waals surface area contributed by atoms with Gasteiger partial charge in [-0.3, -0.25) is 0 Å². The number of hydrogen-bond donors (Lipinski definition) is 1. The standard InChI is InChI=1S/C8H6ClNO4S/c9-15(12,13)6-3-1-2-5-8(6)14-7(4-11)10-5/h1-3,11H,4H2. The van der Waals surface area contributed by atoms with Crippen LogP contribution in [-0.4, -0.2) is 18.5 Å². The molecule has 7 heteroatoms. The lowest BCUT2D eigenvalue weighted by Crippen LogP contribution is -1.90. The first-order valence-electron chi connectivity index (χ1n) is 3.96. The highest BCUT2D eigenvalue weighted by atomic mass is 35.7. The molecule has 0 radical (unpaired) electrons. The Kier molecular flexibility index (Phi) is 2.41. The van der Waals surface area contributed by atoms with Crippen LogP contribution in [0, 0.1) is 0 Å². The molecule has 0 saturated heterocycles. The van der Waals surface area contributed by atoms with E-state index in [0.29, 0.717) is 5.52 Å². The second kappa shape index (κ2) is 3.48. The number of aliphatic hydroxyl groups excluding tert-OH is 1. The van der Waals surface area contributed by atoms with Gasteiger partial charge in [0.15, 0.2) is 5.58 Å². The number of nitrogens with zero attached hydrogens (tertiary/aromatic N) is 1. The fourth-order valence-corrected chi connectivity index (χ4v) is 2.20. The zero-order valence-corrected chi connectivity index (χ0v) is 8.92. The van der Waals surface area contributed by atoms with Gasteiger partial charge < -0.3 is 9.52 Å². The van der Waals surface area contributed by atoms with Gasteiger partial charge in [0.25, 0.3) is 9.05 Å². The van der Waals surface area contributed by atoms with E-state index in [0.717, 1.165) is 0 Å². The average molecular weight is 248 g/mol. The minimum atomic E-state index is -3.87. The number of aromatic nitrogens is 1. The van der Waals surface area contributed by atoms with E-state index in [-0.39, 0.29) is 16.4 Å². The van der Waals surface area contributed by atoms with Gasteiger partial charge in [0.1, 0.15) is 17.0 Å². The van der Waals surface area contributed by atoms with Gasteiger partial charge in [-0.05, 0) is 12.1 Å². The molecule has 0 aliphatic heterocycles. The average Bonchev–Trinajstić information content (AvgIpc) is 2.57. The molecular weight excluding hydrogens is 242 g/mol. The summed E-state index contributed by atoms with van der Waals surface area (Å²) in [5, 5.41) is 8.79. The van der Waals surface area contributed by atoms with Crippen LogP contribution in [0.15, 0.2) is 27.5 Å². The first kappa shape index (κ1) is 10.4. The Morgan fingerprint density at radius 3 is 2.80 bits per heavy atom. The van der Waals surface area contributed by atoms with Gasteiger partial charge >= 0.3 is 0 Å². The van der Waals surface area contributed by atoms with Crippen LogP contribution in [-0.2, 0) is 15.7 Å². The lowest BCUT2D eigenvalue weighted by Gasteiger charge is -1.94. The van der Waals surface area contributed by atoms with Gasteiger partial charge in [0, 0.05) is 10.7 Å². The molecule has 1 aromatic carbocycles. The van der Waals surface area contributed by atoms with Crippen molar-refractivity contribution in [1.29, 1.82) is 0 Å².